The molecule has 3 unspecified atom stereocenters. The molecule has 0 radical (unpaired) electrons. The zero-order valence-corrected chi connectivity index (χ0v) is 50.5. The lowest BCUT2D eigenvalue weighted by atomic mass is 10.1. The molecule has 0 spiro atoms. The number of hydrogen-bond acceptors (Lipinski definition) is 10. The molecule has 0 aliphatic carbocycles. The first-order valence-corrected chi connectivity index (χ1v) is 32.6. The number of aliphatic hydroxyl groups is 1. The summed E-state index contributed by atoms with van der Waals surface area (Å²) in [4.78, 5) is 48.7. The van der Waals surface area contributed by atoms with Crippen LogP contribution in [0.3, 0.4) is 0 Å². The topological polar surface area (TPSA) is 155 Å². The molecule has 448 valence electrons. The number of rotatable bonds is 57. The first-order valence-electron chi connectivity index (χ1n) is 31.1. The van der Waals surface area contributed by atoms with E-state index in [0.29, 0.717) is 19.3 Å². The van der Waals surface area contributed by atoms with Crippen LogP contribution in [0.1, 0.15) is 265 Å². The zero-order valence-electron chi connectivity index (χ0n) is 49.6. The predicted molar refractivity (Wildman–Crippen MR) is 325 cm³/mol. The second kappa shape index (κ2) is 59.5. The van der Waals surface area contributed by atoms with Gasteiger partial charge in [-0.05, 0) is 116 Å². The monoisotopic (exact) mass is 1110 g/mol. The first-order chi connectivity index (χ1) is 38.2. The Morgan fingerprint density at radius 3 is 1.03 bits per heavy atom. The third kappa shape index (κ3) is 57.1. The number of ether oxygens (including phenoxy) is 3. The summed E-state index contributed by atoms with van der Waals surface area (Å²) in [7, 11) is -4.76. The van der Waals surface area contributed by atoms with Crippen molar-refractivity contribution >= 4 is 25.7 Å². The van der Waals surface area contributed by atoms with E-state index < -0.39 is 57.8 Å². The van der Waals surface area contributed by atoms with Gasteiger partial charge in [-0.15, -0.1) is 0 Å². The van der Waals surface area contributed by atoms with Crippen LogP contribution in [-0.4, -0.2) is 66.5 Å². The molecular formula is C66H113O11P. The van der Waals surface area contributed by atoms with Gasteiger partial charge in [0.25, 0.3) is 0 Å². The molecule has 0 saturated heterocycles. The Morgan fingerprint density at radius 1 is 0.372 bits per heavy atom. The molecule has 0 aliphatic heterocycles. The normalized spacial score (nSPS) is 14.0. The highest BCUT2D eigenvalue weighted by Crippen LogP contribution is 2.43. The largest absolute Gasteiger partial charge is 0.472 e. The van der Waals surface area contributed by atoms with Gasteiger partial charge in [-0.3, -0.25) is 23.4 Å². The third-order valence-electron chi connectivity index (χ3n) is 13.0. The van der Waals surface area contributed by atoms with Crippen molar-refractivity contribution in [1.82, 2.24) is 0 Å². The summed E-state index contributed by atoms with van der Waals surface area (Å²) in [6.45, 7) is 4.38. The van der Waals surface area contributed by atoms with Gasteiger partial charge in [-0.2, -0.15) is 0 Å². The number of carbonyl (C=O) groups is 3. The molecular weight excluding hydrogens is 1000 g/mol. The number of allylic oxidation sites excluding steroid dienone is 16. The van der Waals surface area contributed by atoms with Crippen molar-refractivity contribution in [3.63, 3.8) is 0 Å². The van der Waals surface area contributed by atoms with E-state index in [0.717, 1.165) is 135 Å². The van der Waals surface area contributed by atoms with Crippen molar-refractivity contribution in [1.29, 1.82) is 0 Å². The minimum Gasteiger partial charge on any atom is -0.462 e. The summed E-state index contributed by atoms with van der Waals surface area (Å²) in [5.74, 6) is -1.50. The standard InChI is InChI=1S/C66H113O11P/c1-4-7-10-13-16-19-22-25-28-30-31-33-36-39-42-45-48-51-54-57-66(70)77-63(59-73-64(68)55-52-49-46-43-40-37-34-27-24-21-18-15-12-9-6-3)61-75-78(71,72)74-60-62(58-67)76-65(69)56-53-50-47-44-41-38-35-32-29-26-23-20-17-14-11-8-5-2/h8-9,11-12,16-21,25-29,34,62-63,67H,4-7,10,13-15,22-24,30-33,35-61H2,1-3H3,(H,71,72)/b11-8-,12-9-,19-16-,20-17-,21-18-,28-25-,29-26-,34-27-. The molecule has 0 aromatic heterocycles. The van der Waals surface area contributed by atoms with Crippen LogP contribution in [0.5, 0.6) is 0 Å². The number of carbonyl (C=O) groups excluding carboxylic acids is 3. The summed E-state index contributed by atoms with van der Waals surface area (Å²) in [5, 5.41) is 9.85. The summed E-state index contributed by atoms with van der Waals surface area (Å²) in [5.41, 5.74) is 0. The van der Waals surface area contributed by atoms with Crippen molar-refractivity contribution < 1.29 is 52.2 Å². The number of unbranched alkanes of at least 4 members (excludes halogenated alkanes) is 24. The Hall–Kier alpha value is -3.60. The van der Waals surface area contributed by atoms with Gasteiger partial charge in [0.05, 0.1) is 19.8 Å². The summed E-state index contributed by atoms with van der Waals surface area (Å²) >= 11 is 0. The Balaban J connectivity index is 4.73. The van der Waals surface area contributed by atoms with Crippen LogP contribution < -0.4 is 0 Å². The van der Waals surface area contributed by atoms with Crippen LogP contribution in [-0.2, 0) is 42.2 Å². The fourth-order valence-corrected chi connectivity index (χ4v) is 9.08. The third-order valence-corrected chi connectivity index (χ3v) is 13.9. The van der Waals surface area contributed by atoms with Crippen molar-refractivity contribution in [2.75, 3.05) is 26.4 Å². The highest BCUT2D eigenvalue weighted by atomic mass is 31.2. The fourth-order valence-electron chi connectivity index (χ4n) is 8.30. The SMILES string of the molecule is CC/C=C\C/C=C\C/C=C\CCCCCCCCCC(=O)OC(CO)COP(=O)(O)OCC(COC(=O)CCCCCCC/C=C\C/C=C\C/C=C\CC)OC(=O)CCCCCCCCCCC/C=C\C/C=C\CCCCC. The Bertz CT molecular complexity index is 1680. The molecule has 0 saturated carbocycles. The highest BCUT2D eigenvalue weighted by Gasteiger charge is 2.28. The first kappa shape index (κ1) is 74.4. The Labute approximate surface area is 476 Å². The number of esters is 3. The van der Waals surface area contributed by atoms with Crippen molar-refractivity contribution in [3.8, 4) is 0 Å². The van der Waals surface area contributed by atoms with Gasteiger partial charge in [-0.25, -0.2) is 4.57 Å². The summed E-state index contributed by atoms with van der Waals surface area (Å²) < 4.78 is 39.6. The second-order valence-electron chi connectivity index (χ2n) is 20.5. The maximum absolute atomic E-state index is 12.9. The minimum atomic E-state index is -4.76. The molecule has 0 amide bonds. The maximum atomic E-state index is 12.9. The van der Waals surface area contributed by atoms with E-state index in [1.807, 2.05) is 0 Å². The lowest BCUT2D eigenvalue weighted by Gasteiger charge is -2.21. The van der Waals surface area contributed by atoms with E-state index in [9.17, 15) is 28.9 Å². The lowest BCUT2D eigenvalue weighted by Crippen LogP contribution is -2.30. The molecule has 0 bridgehead atoms. The Morgan fingerprint density at radius 2 is 0.667 bits per heavy atom. The van der Waals surface area contributed by atoms with E-state index in [4.69, 9.17) is 23.3 Å². The van der Waals surface area contributed by atoms with E-state index in [-0.39, 0.29) is 25.9 Å². The van der Waals surface area contributed by atoms with Gasteiger partial charge < -0.3 is 24.2 Å². The number of aliphatic hydroxyl groups excluding tert-OH is 1. The lowest BCUT2D eigenvalue weighted by molar-refractivity contribution is -0.161. The van der Waals surface area contributed by atoms with Crippen LogP contribution in [0.4, 0.5) is 0 Å². The summed E-state index contributed by atoms with van der Waals surface area (Å²) in [6.07, 6.45) is 70.7. The highest BCUT2D eigenvalue weighted by molar-refractivity contribution is 7.47. The van der Waals surface area contributed by atoms with Gasteiger partial charge in [0, 0.05) is 19.3 Å². The van der Waals surface area contributed by atoms with Crippen molar-refractivity contribution in [2.45, 2.75) is 277 Å². The molecule has 0 aromatic rings. The van der Waals surface area contributed by atoms with Gasteiger partial charge in [-0.1, -0.05) is 227 Å². The number of phosphoric acid groups is 1. The van der Waals surface area contributed by atoms with Crippen molar-refractivity contribution in [2.24, 2.45) is 0 Å². The minimum absolute atomic E-state index is 0.155. The smallest absolute Gasteiger partial charge is 0.462 e. The molecule has 0 fully saturated rings. The number of phosphoric ester groups is 1. The van der Waals surface area contributed by atoms with Crippen molar-refractivity contribution in [3.05, 3.63) is 97.2 Å². The average molecular weight is 1110 g/mol. The second-order valence-corrected chi connectivity index (χ2v) is 21.9. The molecule has 3 atom stereocenters. The number of hydrogen-bond donors (Lipinski definition) is 2. The van der Waals surface area contributed by atoms with Crippen LogP contribution >= 0.6 is 7.82 Å². The average Bonchev–Trinajstić information content (AvgIpc) is 3.43. The maximum Gasteiger partial charge on any atom is 0.472 e. The molecule has 2 N–H and O–H groups in total. The zero-order chi connectivity index (χ0) is 56.9. The summed E-state index contributed by atoms with van der Waals surface area (Å²) in [6, 6.07) is 0. The van der Waals surface area contributed by atoms with Gasteiger partial charge in [0.2, 0.25) is 0 Å². The van der Waals surface area contributed by atoms with E-state index in [2.05, 4.69) is 118 Å². The molecule has 12 heteroatoms. The van der Waals surface area contributed by atoms with Gasteiger partial charge >= 0.3 is 25.7 Å². The quantitative estimate of drug-likeness (QED) is 0.0197. The van der Waals surface area contributed by atoms with Gasteiger partial charge in [0.15, 0.2) is 6.10 Å². The van der Waals surface area contributed by atoms with E-state index in [1.54, 1.807) is 0 Å². The molecule has 0 aromatic carbocycles. The van der Waals surface area contributed by atoms with E-state index >= 15 is 0 Å². The van der Waals surface area contributed by atoms with Crippen LogP contribution in [0.25, 0.3) is 0 Å². The fraction of sp³-hybridized carbons (Fsp3) is 0.712. The van der Waals surface area contributed by atoms with Crippen LogP contribution in [0, 0.1) is 0 Å². The Kier molecular flexibility index (Phi) is 56.8. The molecule has 0 rings (SSSR count). The van der Waals surface area contributed by atoms with E-state index in [1.165, 1.54) is 70.6 Å². The molecule has 11 nitrogen and oxygen atoms in total. The van der Waals surface area contributed by atoms with Crippen LogP contribution in [0.15, 0.2) is 97.2 Å². The molecule has 78 heavy (non-hydrogen) atoms. The molecule has 0 aliphatic rings. The van der Waals surface area contributed by atoms with Gasteiger partial charge in [0.1, 0.15) is 12.7 Å². The predicted octanol–water partition coefficient (Wildman–Crippen LogP) is 18.8. The molecule has 0 heterocycles. The van der Waals surface area contributed by atoms with Crippen LogP contribution in [0.2, 0.25) is 0 Å².